The molecular weight excluding hydrogens is 320 g/mol. The molecule has 7 nitrogen and oxygen atoms in total. The molecule has 1 aromatic heterocycles. The number of hydrogen-bond donors (Lipinski definition) is 0. The maximum Gasteiger partial charge on any atom is 0.351 e. The van der Waals surface area contributed by atoms with E-state index in [1.165, 1.54) is 7.05 Å². The number of hydrogen-bond acceptors (Lipinski definition) is 4. The molecule has 132 valence electrons. The predicted octanol–water partition coefficient (Wildman–Crippen LogP) is 1.25. The maximum absolute atomic E-state index is 12.9. The predicted molar refractivity (Wildman–Crippen MR) is 94.2 cm³/mol. The number of carbonyl (C=O) groups is 1. The SMILES string of the molecule is Cc1ccc(-n2nc(C(=O)N3CCCCC3C)c(=O)n(C)c2=O)cc1. The Balaban J connectivity index is 2.11. The average Bonchev–Trinajstić information content (AvgIpc) is 2.61. The van der Waals surface area contributed by atoms with Gasteiger partial charge in [0.25, 0.3) is 11.5 Å². The van der Waals surface area contributed by atoms with E-state index in [-0.39, 0.29) is 11.7 Å². The minimum absolute atomic E-state index is 0.0625. The molecule has 1 atom stereocenters. The topological polar surface area (TPSA) is 77.2 Å². The van der Waals surface area contributed by atoms with Crippen LogP contribution in [0.5, 0.6) is 0 Å². The lowest BCUT2D eigenvalue weighted by Crippen LogP contribution is -2.48. The van der Waals surface area contributed by atoms with Crippen molar-refractivity contribution < 1.29 is 4.79 Å². The van der Waals surface area contributed by atoms with Gasteiger partial charge in [-0.2, -0.15) is 9.78 Å². The third-order valence-electron chi connectivity index (χ3n) is 4.72. The zero-order chi connectivity index (χ0) is 18.1. The lowest BCUT2D eigenvalue weighted by molar-refractivity contribution is 0.0624. The molecule has 1 saturated heterocycles. The van der Waals surface area contributed by atoms with E-state index in [2.05, 4.69) is 5.10 Å². The van der Waals surface area contributed by atoms with Crippen molar-refractivity contribution in [3.05, 3.63) is 56.4 Å². The summed E-state index contributed by atoms with van der Waals surface area (Å²) in [4.78, 5) is 39.4. The Kier molecular flexibility index (Phi) is 4.57. The number of rotatable bonds is 2. The third kappa shape index (κ3) is 3.14. The summed E-state index contributed by atoms with van der Waals surface area (Å²) in [5.41, 5.74) is 0.122. The Bertz CT molecular complexity index is 911. The van der Waals surface area contributed by atoms with Gasteiger partial charge in [-0.3, -0.25) is 14.2 Å². The van der Waals surface area contributed by atoms with Crippen molar-refractivity contribution in [1.82, 2.24) is 19.2 Å². The Labute approximate surface area is 145 Å². The molecule has 2 aromatic rings. The molecule has 0 bridgehead atoms. The number of nitrogens with zero attached hydrogens (tertiary/aromatic N) is 4. The highest BCUT2D eigenvalue weighted by Gasteiger charge is 2.28. The van der Waals surface area contributed by atoms with Gasteiger partial charge < -0.3 is 4.90 Å². The van der Waals surface area contributed by atoms with Gasteiger partial charge in [0.1, 0.15) is 0 Å². The van der Waals surface area contributed by atoms with Crippen LogP contribution in [-0.2, 0) is 7.05 Å². The first-order chi connectivity index (χ1) is 11.9. The molecule has 2 heterocycles. The summed E-state index contributed by atoms with van der Waals surface area (Å²) in [5, 5.41) is 4.12. The maximum atomic E-state index is 12.9. The largest absolute Gasteiger partial charge is 0.351 e. The second-order valence-electron chi connectivity index (χ2n) is 6.59. The van der Waals surface area contributed by atoms with Crippen LogP contribution in [0.3, 0.4) is 0 Å². The molecule has 0 saturated carbocycles. The van der Waals surface area contributed by atoms with Crippen molar-refractivity contribution in [2.45, 2.75) is 39.2 Å². The number of aryl methyl sites for hydroxylation is 1. The van der Waals surface area contributed by atoms with E-state index in [0.717, 1.165) is 34.1 Å². The van der Waals surface area contributed by atoms with Crippen molar-refractivity contribution in [3.63, 3.8) is 0 Å². The zero-order valence-corrected chi connectivity index (χ0v) is 14.7. The second-order valence-corrected chi connectivity index (χ2v) is 6.59. The molecule has 0 N–H and O–H groups in total. The van der Waals surface area contributed by atoms with Crippen LogP contribution in [0.25, 0.3) is 5.69 Å². The van der Waals surface area contributed by atoms with Crippen molar-refractivity contribution in [3.8, 4) is 5.69 Å². The van der Waals surface area contributed by atoms with Gasteiger partial charge in [-0.15, -0.1) is 0 Å². The number of amides is 1. The molecule has 3 rings (SSSR count). The Morgan fingerprint density at radius 1 is 1.16 bits per heavy atom. The van der Waals surface area contributed by atoms with Crippen LogP contribution in [0, 0.1) is 6.92 Å². The molecule has 0 spiro atoms. The van der Waals surface area contributed by atoms with Crippen LogP contribution in [0.15, 0.2) is 33.9 Å². The van der Waals surface area contributed by atoms with Gasteiger partial charge in [0.05, 0.1) is 5.69 Å². The van der Waals surface area contributed by atoms with E-state index in [1.54, 1.807) is 17.0 Å². The van der Waals surface area contributed by atoms with Crippen LogP contribution in [-0.4, -0.2) is 37.7 Å². The molecule has 7 heteroatoms. The lowest BCUT2D eigenvalue weighted by Gasteiger charge is -2.32. The van der Waals surface area contributed by atoms with Gasteiger partial charge in [0.2, 0.25) is 5.69 Å². The van der Waals surface area contributed by atoms with Crippen molar-refractivity contribution in [2.75, 3.05) is 6.54 Å². The van der Waals surface area contributed by atoms with Crippen LogP contribution in [0.4, 0.5) is 0 Å². The highest BCUT2D eigenvalue weighted by molar-refractivity contribution is 5.92. The van der Waals surface area contributed by atoms with E-state index in [9.17, 15) is 14.4 Å². The van der Waals surface area contributed by atoms with Crippen LogP contribution in [0.2, 0.25) is 0 Å². The van der Waals surface area contributed by atoms with Crippen molar-refractivity contribution >= 4 is 5.91 Å². The number of carbonyl (C=O) groups excluding carboxylic acids is 1. The fraction of sp³-hybridized carbons (Fsp3) is 0.444. The van der Waals surface area contributed by atoms with E-state index in [0.29, 0.717) is 12.2 Å². The summed E-state index contributed by atoms with van der Waals surface area (Å²) < 4.78 is 2.05. The molecule has 1 aliphatic heterocycles. The molecule has 25 heavy (non-hydrogen) atoms. The number of likely N-dealkylation sites (tertiary alicyclic amines) is 1. The van der Waals surface area contributed by atoms with Gasteiger partial charge in [-0.25, -0.2) is 4.79 Å². The fourth-order valence-corrected chi connectivity index (χ4v) is 3.10. The van der Waals surface area contributed by atoms with Gasteiger partial charge in [0.15, 0.2) is 0 Å². The smallest absolute Gasteiger partial charge is 0.334 e. The monoisotopic (exact) mass is 342 g/mol. The molecule has 1 amide bonds. The van der Waals surface area contributed by atoms with Gasteiger partial charge in [-0.1, -0.05) is 17.7 Å². The summed E-state index contributed by atoms with van der Waals surface area (Å²) in [6.45, 7) is 4.51. The van der Waals surface area contributed by atoms with Crippen molar-refractivity contribution in [1.29, 1.82) is 0 Å². The van der Waals surface area contributed by atoms with Crippen LogP contribution in [0.1, 0.15) is 42.2 Å². The van der Waals surface area contributed by atoms with Crippen LogP contribution < -0.4 is 11.2 Å². The first kappa shape index (κ1) is 17.1. The molecule has 1 unspecified atom stereocenters. The number of aromatic nitrogens is 3. The van der Waals surface area contributed by atoms with Gasteiger partial charge in [-0.05, 0) is 45.2 Å². The van der Waals surface area contributed by atoms with Crippen molar-refractivity contribution in [2.24, 2.45) is 7.05 Å². The molecule has 0 aliphatic carbocycles. The van der Waals surface area contributed by atoms with Gasteiger partial charge >= 0.3 is 5.69 Å². The fourth-order valence-electron chi connectivity index (χ4n) is 3.10. The summed E-state index contributed by atoms with van der Waals surface area (Å²) >= 11 is 0. The lowest BCUT2D eigenvalue weighted by atomic mass is 10.0. The summed E-state index contributed by atoms with van der Waals surface area (Å²) in [5.74, 6) is -0.409. The quantitative estimate of drug-likeness (QED) is 0.823. The molecule has 1 aromatic carbocycles. The normalized spacial score (nSPS) is 17.6. The highest BCUT2D eigenvalue weighted by atomic mass is 16.2. The first-order valence-electron chi connectivity index (χ1n) is 8.48. The highest BCUT2D eigenvalue weighted by Crippen LogP contribution is 2.17. The van der Waals surface area contributed by atoms with E-state index < -0.39 is 17.2 Å². The Hall–Kier alpha value is -2.70. The Morgan fingerprint density at radius 3 is 2.48 bits per heavy atom. The zero-order valence-electron chi connectivity index (χ0n) is 14.7. The third-order valence-corrected chi connectivity index (χ3v) is 4.72. The minimum Gasteiger partial charge on any atom is -0.334 e. The molecule has 1 fully saturated rings. The number of benzene rings is 1. The second kappa shape index (κ2) is 6.66. The number of piperidine rings is 1. The minimum atomic E-state index is -0.656. The molecule has 1 aliphatic rings. The molecule has 0 radical (unpaired) electrons. The first-order valence-corrected chi connectivity index (χ1v) is 8.48. The summed E-state index contributed by atoms with van der Waals surface area (Å²) in [6.07, 6.45) is 2.89. The average molecular weight is 342 g/mol. The van der Waals surface area contributed by atoms with E-state index >= 15 is 0 Å². The summed E-state index contributed by atoms with van der Waals surface area (Å²) in [6, 6.07) is 7.25. The standard InChI is InChI=1S/C18H22N4O3/c1-12-7-9-14(10-8-12)22-18(25)20(3)16(23)15(19-22)17(24)21-11-5-4-6-13(21)2/h7-10,13H,4-6,11H2,1-3H3. The van der Waals surface area contributed by atoms with Crippen LogP contribution >= 0.6 is 0 Å². The summed E-state index contributed by atoms with van der Waals surface area (Å²) in [7, 11) is 1.37. The van der Waals surface area contributed by atoms with Gasteiger partial charge in [0, 0.05) is 19.6 Å². The Morgan fingerprint density at radius 2 is 1.84 bits per heavy atom. The molecular formula is C18H22N4O3. The van der Waals surface area contributed by atoms with E-state index in [1.807, 2.05) is 26.0 Å². The van der Waals surface area contributed by atoms with E-state index in [4.69, 9.17) is 0 Å².